The minimum absolute atomic E-state index is 0.0349. The van der Waals surface area contributed by atoms with Gasteiger partial charge in [-0.2, -0.15) is 0 Å². The fourth-order valence-electron chi connectivity index (χ4n) is 2.95. The second kappa shape index (κ2) is 6.68. The minimum atomic E-state index is 0.0349. The van der Waals surface area contributed by atoms with Gasteiger partial charge in [-0.25, -0.2) is 0 Å². The van der Waals surface area contributed by atoms with Crippen LogP contribution in [0.3, 0.4) is 0 Å². The molecule has 0 aromatic carbocycles. The summed E-state index contributed by atoms with van der Waals surface area (Å²) in [6.07, 6.45) is 0. The summed E-state index contributed by atoms with van der Waals surface area (Å²) >= 11 is 0. The Bertz CT molecular complexity index is 294. The molecule has 0 aromatic heterocycles. The van der Waals surface area contributed by atoms with Gasteiger partial charge in [0.2, 0.25) is 5.91 Å². The quantitative estimate of drug-likeness (QED) is 0.771. The van der Waals surface area contributed by atoms with Gasteiger partial charge >= 0.3 is 0 Å². The molecule has 0 saturated carbocycles. The highest BCUT2D eigenvalue weighted by Gasteiger charge is 2.29. The highest BCUT2D eigenvalue weighted by Crippen LogP contribution is 2.10. The van der Waals surface area contributed by atoms with Gasteiger partial charge in [0.15, 0.2) is 0 Å². The molecule has 110 valence electrons. The second-order valence-corrected chi connectivity index (χ2v) is 5.92. The third-order valence-electron chi connectivity index (χ3n) is 4.41. The minimum Gasteiger partial charge on any atom is -0.339 e. The van der Waals surface area contributed by atoms with Crippen LogP contribution in [0.15, 0.2) is 0 Å². The summed E-state index contributed by atoms with van der Waals surface area (Å²) in [6.45, 7) is 14.3. The molecule has 2 rings (SSSR count). The molecule has 19 heavy (non-hydrogen) atoms. The third-order valence-corrected chi connectivity index (χ3v) is 4.41. The zero-order valence-corrected chi connectivity index (χ0v) is 12.6. The van der Waals surface area contributed by atoms with Crippen LogP contribution in [0, 0.1) is 0 Å². The van der Waals surface area contributed by atoms with Crippen molar-refractivity contribution in [2.75, 3.05) is 52.4 Å². The number of hydrogen-bond acceptors (Lipinski definition) is 4. The van der Waals surface area contributed by atoms with Crippen LogP contribution in [-0.4, -0.2) is 85.0 Å². The van der Waals surface area contributed by atoms with Crippen LogP contribution in [0.2, 0.25) is 0 Å². The summed E-state index contributed by atoms with van der Waals surface area (Å²) in [5.74, 6) is 0.310. The Balaban J connectivity index is 1.83. The summed E-state index contributed by atoms with van der Waals surface area (Å²) in [5.41, 5.74) is 0. The van der Waals surface area contributed by atoms with Crippen molar-refractivity contribution in [3.8, 4) is 0 Å². The highest BCUT2D eigenvalue weighted by atomic mass is 16.2. The van der Waals surface area contributed by atoms with E-state index in [2.05, 4.69) is 35.9 Å². The summed E-state index contributed by atoms with van der Waals surface area (Å²) in [6, 6.07) is 0.621. The Morgan fingerprint density at radius 2 is 1.47 bits per heavy atom. The highest BCUT2D eigenvalue weighted by molar-refractivity contribution is 5.81. The van der Waals surface area contributed by atoms with Crippen molar-refractivity contribution < 1.29 is 4.79 Å². The molecule has 0 aromatic rings. The van der Waals surface area contributed by atoms with E-state index >= 15 is 0 Å². The fourth-order valence-corrected chi connectivity index (χ4v) is 2.95. The zero-order valence-electron chi connectivity index (χ0n) is 12.6. The maximum absolute atomic E-state index is 12.5. The standard InChI is InChI=1S/C14H28N4O/c1-12(2)16-8-10-18(11-9-16)14(19)13(3)17-6-4-15-5-7-17/h12-13,15H,4-11H2,1-3H3. The molecule has 1 atom stereocenters. The van der Waals surface area contributed by atoms with E-state index in [9.17, 15) is 4.79 Å². The Morgan fingerprint density at radius 1 is 0.895 bits per heavy atom. The van der Waals surface area contributed by atoms with Crippen LogP contribution in [0.4, 0.5) is 0 Å². The lowest BCUT2D eigenvalue weighted by atomic mass is 10.2. The summed E-state index contributed by atoms with van der Waals surface area (Å²) in [5, 5.41) is 3.33. The molecule has 2 fully saturated rings. The molecule has 0 aliphatic carbocycles. The SMILES string of the molecule is CC(C)N1CCN(C(=O)C(C)N2CCNCC2)CC1. The average molecular weight is 268 g/mol. The van der Waals surface area contributed by atoms with E-state index in [1.165, 1.54) is 0 Å². The number of piperazine rings is 2. The van der Waals surface area contributed by atoms with Crippen LogP contribution >= 0.6 is 0 Å². The van der Waals surface area contributed by atoms with Crippen LogP contribution in [0.25, 0.3) is 0 Å². The van der Waals surface area contributed by atoms with Gasteiger partial charge in [0.05, 0.1) is 6.04 Å². The molecule has 5 nitrogen and oxygen atoms in total. The number of carbonyl (C=O) groups excluding carboxylic acids is 1. The third kappa shape index (κ3) is 3.68. The van der Waals surface area contributed by atoms with Crippen LogP contribution in [0.1, 0.15) is 20.8 Å². The van der Waals surface area contributed by atoms with Crippen LogP contribution in [0.5, 0.6) is 0 Å². The molecule has 2 saturated heterocycles. The summed E-state index contributed by atoms with van der Waals surface area (Å²) in [7, 11) is 0. The molecule has 1 N–H and O–H groups in total. The molecule has 2 aliphatic rings. The first-order chi connectivity index (χ1) is 9.09. The summed E-state index contributed by atoms with van der Waals surface area (Å²) in [4.78, 5) is 19.3. The van der Waals surface area contributed by atoms with Crippen molar-refractivity contribution in [1.29, 1.82) is 0 Å². The van der Waals surface area contributed by atoms with E-state index in [0.29, 0.717) is 11.9 Å². The Morgan fingerprint density at radius 3 is 2.00 bits per heavy atom. The first kappa shape index (κ1) is 14.8. The van der Waals surface area contributed by atoms with E-state index in [1.807, 2.05) is 4.90 Å². The van der Waals surface area contributed by atoms with Crippen molar-refractivity contribution >= 4 is 5.91 Å². The number of carbonyl (C=O) groups is 1. The zero-order chi connectivity index (χ0) is 13.8. The monoisotopic (exact) mass is 268 g/mol. The van der Waals surface area contributed by atoms with Crippen molar-refractivity contribution in [1.82, 2.24) is 20.0 Å². The van der Waals surface area contributed by atoms with Gasteiger partial charge < -0.3 is 10.2 Å². The lowest BCUT2D eigenvalue weighted by Gasteiger charge is -2.40. The molecule has 0 bridgehead atoms. The Kier molecular flexibility index (Phi) is 5.19. The van der Waals surface area contributed by atoms with E-state index in [4.69, 9.17) is 0 Å². The molecule has 0 radical (unpaired) electrons. The smallest absolute Gasteiger partial charge is 0.239 e. The molecule has 0 spiro atoms. The summed E-state index contributed by atoms with van der Waals surface area (Å²) < 4.78 is 0. The number of hydrogen-bond donors (Lipinski definition) is 1. The maximum atomic E-state index is 12.5. The first-order valence-electron chi connectivity index (χ1n) is 7.57. The van der Waals surface area contributed by atoms with E-state index in [-0.39, 0.29) is 6.04 Å². The second-order valence-electron chi connectivity index (χ2n) is 5.92. The average Bonchev–Trinajstić information content (AvgIpc) is 2.46. The van der Waals surface area contributed by atoms with E-state index in [0.717, 1.165) is 52.4 Å². The molecule has 2 aliphatic heterocycles. The van der Waals surface area contributed by atoms with Crippen LogP contribution < -0.4 is 5.32 Å². The lowest BCUT2D eigenvalue weighted by Crippen LogP contribution is -2.57. The van der Waals surface area contributed by atoms with E-state index in [1.54, 1.807) is 0 Å². The van der Waals surface area contributed by atoms with Crippen LogP contribution in [-0.2, 0) is 4.79 Å². The van der Waals surface area contributed by atoms with E-state index < -0.39 is 0 Å². The lowest BCUT2D eigenvalue weighted by molar-refractivity contribution is -0.138. The molecule has 1 unspecified atom stereocenters. The number of nitrogens with one attached hydrogen (secondary N) is 1. The Labute approximate surface area is 116 Å². The maximum Gasteiger partial charge on any atom is 0.239 e. The van der Waals surface area contributed by atoms with Gasteiger partial charge in [-0.3, -0.25) is 14.6 Å². The van der Waals surface area contributed by atoms with Crippen molar-refractivity contribution in [3.05, 3.63) is 0 Å². The molecular formula is C14H28N4O. The van der Waals surface area contributed by atoms with Crippen molar-refractivity contribution in [2.24, 2.45) is 0 Å². The normalized spacial score (nSPS) is 24.7. The number of nitrogens with zero attached hydrogens (tertiary/aromatic N) is 3. The fraction of sp³-hybridized carbons (Fsp3) is 0.929. The number of rotatable bonds is 3. The predicted molar refractivity (Wildman–Crippen MR) is 77.2 cm³/mol. The van der Waals surface area contributed by atoms with Gasteiger partial charge in [-0.05, 0) is 20.8 Å². The first-order valence-corrected chi connectivity index (χ1v) is 7.57. The van der Waals surface area contributed by atoms with Gasteiger partial charge in [0.25, 0.3) is 0 Å². The Hall–Kier alpha value is -0.650. The largest absolute Gasteiger partial charge is 0.339 e. The molecule has 5 heteroatoms. The van der Waals surface area contributed by atoms with Gasteiger partial charge in [-0.1, -0.05) is 0 Å². The van der Waals surface area contributed by atoms with Crippen molar-refractivity contribution in [2.45, 2.75) is 32.9 Å². The van der Waals surface area contributed by atoms with Gasteiger partial charge in [0.1, 0.15) is 0 Å². The molecule has 1 amide bonds. The molecule has 2 heterocycles. The van der Waals surface area contributed by atoms with Gasteiger partial charge in [0, 0.05) is 58.4 Å². The van der Waals surface area contributed by atoms with Gasteiger partial charge in [-0.15, -0.1) is 0 Å². The predicted octanol–water partition coefficient (Wildman–Crippen LogP) is -0.167. The topological polar surface area (TPSA) is 38.8 Å². The number of amides is 1. The van der Waals surface area contributed by atoms with Crippen molar-refractivity contribution in [3.63, 3.8) is 0 Å². The molecular weight excluding hydrogens is 240 g/mol.